The Bertz CT molecular complexity index is 917. The summed E-state index contributed by atoms with van der Waals surface area (Å²) in [4.78, 5) is 46.5. The smallest absolute Gasteiger partial charge is 0.338 e. The average Bonchev–Trinajstić information content (AvgIpc) is 2.97. The van der Waals surface area contributed by atoms with Crippen molar-refractivity contribution in [3.63, 3.8) is 0 Å². The number of nitro benzene ring substituents is 1. The van der Waals surface area contributed by atoms with Gasteiger partial charge >= 0.3 is 5.97 Å². The minimum Gasteiger partial charge on any atom is -0.466 e. The second-order valence-corrected chi connectivity index (χ2v) is 5.48. The molecule has 142 valence electrons. The molecule has 0 unspecified atom stereocenters. The number of non-ortho nitro benzene ring substituents is 1. The van der Waals surface area contributed by atoms with Crippen molar-refractivity contribution in [3.05, 3.63) is 62.6 Å². The van der Waals surface area contributed by atoms with Crippen LogP contribution in [0.3, 0.4) is 0 Å². The highest BCUT2D eigenvalue weighted by Gasteiger charge is 2.20. The van der Waals surface area contributed by atoms with Crippen LogP contribution in [0.4, 0.5) is 5.69 Å². The lowest BCUT2D eigenvalue weighted by Gasteiger charge is -2.08. The number of hydrazine groups is 1. The van der Waals surface area contributed by atoms with Crippen molar-refractivity contribution in [1.82, 2.24) is 10.9 Å². The number of rotatable bonds is 5. The maximum Gasteiger partial charge on any atom is 0.338 e. The highest BCUT2D eigenvalue weighted by Crippen LogP contribution is 2.18. The number of benzene rings is 1. The zero-order valence-electron chi connectivity index (χ0n) is 14.8. The lowest BCUT2D eigenvalue weighted by molar-refractivity contribution is -0.384. The predicted octanol–water partition coefficient (Wildman–Crippen LogP) is 2.06. The van der Waals surface area contributed by atoms with Gasteiger partial charge in [-0.2, -0.15) is 0 Å². The zero-order chi connectivity index (χ0) is 20.1. The summed E-state index contributed by atoms with van der Waals surface area (Å²) >= 11 is 0. The molecule has 0 bridgehead atoms. The van der Waals surface area contributed by atoms with Crippen molar-refractivity contribution in [2.24, 2.45) is 0 Å². The summed E-state index contributed by atoms with van der Waals surface area (Å²) in [6.07, 6.45) is 0. The first-order valence-corrected chi connectivity index (χ1v) is 7.87. The third kappa shape index (κ3) is 4.69. The Balaban J connectivity index is 2.19. The molecule has 2 amide bonds. The molecule has 1 aromatic carbocycles. The summed E-state index contributed by atoms with van der Waals surface area (Å²) in [5.41, 5.74) is 3.77. The van der Waals surface area contributed by atoms with Crippen molar-refractivity contribution in [3.8, 4) is 0 Å². The normalized spacial score (nSPS) is 10.2. The molecule has 10 heteroatoms. The molecule has 10 nitrogen and oxygen atoms in total. The number of carbonyl (C=O) groups excluding carboxylic acids is 3. The minimum absolute atomic E-state index is 0.0720. The Labute approximate surface area is 153 Å². The van der Waals surface area contributed by atoms with Crippen LogP contribution in [0.15, 0.2) is 28.7 Å². The fourth-order valence-corrected chi connectivity index (χ4v) is 2.29. The summed E-state index contributed by atoms with van der Waals surface area (Å²) < 4.78 is 10.0. The monoisotopic (exact) mass is 375 g/mol. The average molecular weight is 375 g/mol. The SMILES string of the molecule is CCOC(=O)c1cc(C(=O)NNC(=O)c2cc(C)oc2C)cc([N+](=O)[O-])c1. The van der Waals surface area contributed by atoms with E-state index < -0.39 is 28.4 Å². The number of furan rings is 1. The number of ether oxygens (including phenoxy) is 1. The first-order chi connectivity index (χ1) is 12.7. The Hall–Kier alpha value is -3.69. The van der Waals surface area contributed by atoms with Crippen molar-refractivity contribution in [1.29, 1.82) is 0 Å². The van der Waals surface area contributed by atoms with Crippen LogP contribution in [0, 0.1) is 24.0 Å². The van der Waals surface area contributed by atoms with Gasteiger partial charge < -0.3 is 9.15 Å². The van der Waals surface area contributed by atoms with E-state index in [4.69, 9.17) is 9.15 Å². The number of aryl methyl sites for hydroxylation is 2. The van der Waals surface area contributed by atoms with Gasteiger partial charge in [0, 0.05) is 17.7 Å². The maximum atomic E-state index is 12.3. The Morgan fingerprint density at radius 3 is 2.26 bits per heavy atom. The second kappa shape index (κ2) is 8.13. The largest absolute Gasteiger partial charge is 0.466 e. The number of nitro groups is 1. The van der Waals surface area contributed by atoms with Crippen molar-refractivity contribution < 1.29 is 28.5 Å². The third-order valence-electron chi connectivity index (χ3n) is 3.48. The molecule has 1 heterocycles. The Morgan fingerprint density at radius 2 is 1.70 bits per heavy atom. The number of hydrogen-bond donors (Lipinski definition) is 2. The van der Waals surface area contributed by atoms with Gasteiger partial charge in [0.2, 0.25) is 0 Å². The summed E-state index contributed by atoms with van der Waals surface area (Å²) in [6, 6.07) is 4.63. The molecule has 0 aliphatic heterocycles. The lowest BCUT2D eigenvalue weighted by atomic mass is 10.1. The quantitative estimate of drug-likeness (QED) is 0.463. The van der Waals surface area contributed by atoms with Crippen LogP contribution in [-0.4, -0.2) is 29.3 Å². The molecule has 0 spiro atoms. The molecule has 0 saturated heterocycles. The van der Waals surface area contributed by atoms with E-state index in [1.807, 2.05) is 0 Å². The van der Waals surface area contributed by atoms with E-state index in [0.717, 1.165) is 18.2 Å². The van der Waals surface area contributed by atoms with E-state index in [9.17, 15) is 24.5 Å². The molecule has 0 aliphatic rings. The fraction of sp³-hybridized carbons (Fsp3) is 0.235. The van der Waals surface area contributed by atoms with Crippen LogP contribution in [0.5, 0.6) is 0 Å². The summed E-state index contributed by atoms with van der Waals surface area (Å²) in [7, 11) is 0. The minimum atomic E-state index is -0.838. The van der Waals surface area contributed by atoms with Crippen molar-refractivity contribution in [2.75, 3.05) is 6.61 Å². The lowest BCUT2D eigenvalue weighted by Crippen LogP contribution is -2.41. The van der Waals surface area contributed by atoms with Gasteiger partial charge in [-0.05, 0) is 32.9 Å². The summed E-state index contributed by atoms with van der Waals surface area (Å²) in [5, 5.41) is 11.0. The number of nitrogens with one attached hydrogen (secondary N) is 2. The molecule has 2 N–H and O–H groups in total. The van der Waals surface area contributed by atoms with E-state index in [0.29, 0.717) is 11.5 Å². The van der Waals surface area contributed by atoms with Gasteiger partial charge in [0.05, 0.1) is 22.7 Å². The molecule has 0 saturated carbocycles. The standard InChI is InChI=1S/C17H17N3O7/c1-4-26-17(23)12-6-11(7-13(8-12)20(24)25)15(21)18-19-16(22)14-5-9(2)27-10(14)3/h5-8H,4H2,1-3H3,(H,18,21)(H,19,22). The highest BCUT2D eigenvalue weighted by atomic mass is 16.6. The van der Waals surface area contributed by atoms with Gasteiger partial charge in [-0.25, -0.2) is 4.79 Å². The first-order valence-electron chi connectivity index (χ1n) is 7.87. The van der Waals surface area contributed by atoms with Crippen LogP contribution in [0.2, 0.25) is 0 Å². The highest BCUT2D eigenvalue weighted by molar-refractivity contribution is 6.01. The molecule has 0 aliphatic carbocycles. The molecule has 1 aromatic heterocycles. The zero-order valence-corrected chi connectivity index (χ0v) is 14.8. The Morgan fingerprint density at radius 1 is 1.07 bits per heavy atom. The van der Waals surface area contributed by atoms with Crippen LogP contribution < -0.4 is 10.9 Å². The molecular formula is C17H17N3O7. The van der Waals surface area contributed by atoms with Crippen molar-refractivity contribution >= 4 is 23.5 Å². The summed E-state index contributed by atoms with van der Waals surface area (Å²) in [5.74, 6) is -1.35. The molecule has 2 rings (SSSR count). The van der Waals surface area contributed by atoms with Gasteiger partial charge in [0.1, 0.15) is 11.5 Å². The predicted molar refractivity (Wildman–Crippen MR) is 92.2 cm³/mol. The number of hydrogen-bond acceptors (Lipinski definition) is 7. The molecular weight excluding hydrogens is 358 g/mol. The van der Waals surface area contributed by atoms with E-state index in [1.54, 1.807) is 20.8 Å². The number of amides is 2. The number of nitrogens with zero attached hydrogens (tertiary/aromatic N) is 1. The van der Waals surface area contributed by atoms with Crippen molar-refractivity contribution in [2.45, 2.75) is 20.8 Å². The molecule has 27 heavy (non-hydrogen) atoms. The van der Waals surface area contributed by atoms with Crippen LogP contribution in [0.1, 0.15) is 49.5 Å². The van der Waals surface area contributed by atoms with Crippen LogP contribution >= 0.6 is 0 Å². The molecule has 2 aromatic rings. The fourth-order valence-electron chi connectivity index (χ4n) is 2.29. The van der Waals surface area contributed by atoms with Gasteiger partial charge in [-0.1, -0.05) is 0 Å². The van der Waals surface area contributed by atoms with Gasteiger partial charge in [0.15, 0.2) is 0 Å². The number of carbonyl (C=O) groups is 3. The molecule has 0 radical (unpaired) electrons. The topological polar surface area (TPSA) is 141 Å². The number of esters is 1. The van der Waals surface area contributed by atoms with E-state index in [1.165, 1.54) is 6.07 Å². The second-order valence-electron chi connectivity index (χ2n) is 5.48. The van der Waals surface area contributed by atoms with Gasteiger partial charge in [-0.15, -0.1) is 0 Å². The van der Waals surface area contributed by atoms with E-state index >= 15 is 0 Å². The van der Waals surface area contributed by atoms with Crippen LogP contribution in [0.25, 0.3) is 0 Å². The summed E-state index contributed by atoms with van der Waals surface area (Å²) in [6.45, 7) is 4.92. The van der Waals surface area contributed by atoms with E-state index in [-0.39, 0.29) is 23.3 Å². The van der Waals surface area contributed by atoms with Gasteiger partial charge in [0.25, 0.3) is 17.5 Å². The maximum absolute atomic E-state index is 12.3. The van der Waals surface area contributed by atoms with Gasteiger partial charge in [-0.3, -0.25) is 30.6 Å². The van der Waals surface area contributed by atoms with E-state index in [2.05, 4.69) is 10.9 Å². The first kappa shape index (κ1) is 19.6. The van der Waals surface area contributed by atoms with Crippen LogP contribution in [-0.2, 0) is 4.74 Å². The molecule has 0 fully saturated rings. The molecule has 0 atom stereocenters. The third-order valence-corrected chi connectivity index (χ3v) is 3.48. The Kier molecular flexibility index (Phi) is 5.91.